The lowest BCUT2D eigenvalue weighted by atomic mass is 10.0. The Morgan fingerprint density at radius 2 is 1.91 bits per heavy atom. The number of rotatable bonds is 6. The van der Waals surface area contributed by atoms with Gasteiger partial charge < -0.3 is 24.8 Å². The van der Waals surface area contributed by atoms with Gasteiger partial charge in [0.05, 0.1) is 36.7 Å². The fourth-order valence-corrected chi connectivity index (χ4v) is 4.40. The Kier molecular flexibility index (Phi) is 6.18. The first-order valence-electron chi connectivity index (χ1n) is 11.5. The molecule has 2 aliphatic heterocycles. The van der Waals surface area contributed by atoms with Crippen molar-refractivity contribution in [3.05, 3.63) is 42.1 Å². The largest absolute Gasteiger partial charge is 0.489 e. The van der Waals surface area contributed by atoms with Crippen molar-refractivity contribution >= 4 is 17.6 Å². The first-order valence-corrected chi connectivity index (χ1v) is 11.5. The molecular weight excluding hydrogens is 436 g/mol. The molecule has 1 aromatic heterocycles. The highest BCUT2D eigenvalue weighted by Gasteiger charge is 2.51. The summed E-state index contributed by atoms with van der Waals surface area (Å²) >= 11 is 0. The number of benzene rings is 1. The number of aliphatic hydroxyl groups excluding tert-OH is 1. The number of aromatic nitrogens is 1. The zero-order valence-electron chi connectivity index (χ0n) is 18.6. The smallest absolute Gasteiger partial charge is 0.229 e. The van der Waals surface area contributed by atoms with E-state index in [1.54, 1.807) is 29.3 Å². The normalized spacial score (nSPS) is 22.4. The summed E-state index contributed by atoms with van der Waals surface area (Å²) in [7, 11) is 0. The number of carbonyl (C=O) groups is 2. The van der Waals surface area contributed by atoms with Crippen molar-refractivity contribution in [3.8, 4) is 22.9 Å². The summed E-state index contributed by atoms with van der Waals surface area (Å²) in [5.41, 5.74) is 2.06. The van der Waals surface area contributed by atoms with Crippen LogP contribution in [-0.4, -0.2) is 65.3 Å². The van der Waals surface area contributed by atoms with E-state index >= 15 is 0 Å². The third kappa shape index (κ3) is 4.74. The van der Waals surface area contributed by atoms with E-state index in [0.29, 0.717) is 49.9 Å². The Hall–Kier alpha value is -3.48. The van der Waals surface area contributed by atoms with Gasteiger partial charge in [0.2, 0.25) is 11.8 Å². The van der Waals surface area contributed by atoms with Gasteiger partial charge in [0.25, 0.3) is 0 Å². The molecule has 3 fully saturated rings. The number of β-amino-alcohol motifs (C(OH)–C–C–N with tert-alkyl or cyclic N) is 1. The summed E-state index contributed by atoms with van der Waals surface area (Å²) in [6.45, 7) is 2.01. The van der Waals surface area contributed by atoms with Crippen LogP contribution < -0.4 is 10.1 Å². The van der Waals surface area contributed by atoms with Crippen LogP contribution in [0.5, 0.6) is 5.75 Å². The van der Waals surface area contributed by atoms with E-state index in [2.05, 4.69) is 16.4 Å². The SMILES string of the molecule is N#Cc1cc(-c2ccnc(NC(=O)[C@@H]3C[C@H]3C(=O)N3CC(O)C3)c2)ccc1OC1CCOCC1. The molecule has 2 atom stereocenters. The minimum Gasteiger partial charge on any atom is -0.489 e. The number of hydrogen-bond donors (Lipinski definition) is 2. The maximum absolute atomic E-state index is 12.6. The predicted octanol–water partition coefficient (Wildman–Crippen LogP) is 1.96. The summed E-state index contributed by atoms with van der Waals surface area (Å²) < 4.78 is 11.4. The van der Waals surface area contributed by atoms with Crippen LogP contribution in [0.2, 0.25) is 0 Å². The van der Waals surface area contributed by atoms with E-state index < -0.39 is 6.10 Å². The van der Waals surface area contributed by atoms with Crippen molar-refractivity contribution in [3.63, 3.8) is 0 Å². The molecule has 0 unspecified atom stereocenters. The summed E-state index contributed by atoms with van der Waals surface area (Å²) in [4.78, 5) is 30.8. The molecule has 176 valence electrons. The van der Waals surface area contributed by atoms with Crippen LogP contribution in [0.1, 0.15) is 24.8 Å². The first kappa shape index (κ1) is 22.3. The topological polar surface area (TPSA) is 125 Å². The average Bonchev–Trinajstić information content (AvgIpc) is 3.64. The van der Waals surface area contributed by atoms with Crippen LogP contribution in [0.25, 0.3) is 11.1 Å². The lowest BCUT2D eigenvalue weighted by Gasteiger charge is -2.36. The summed E-state index contributed by atoms with van der Waals surface area (Å²) in [5.74, 6) is -0.0539. The average molecular weight is 463 g/mol. The quantitative estimate of drug-likeness (QED) is 0.672. The van der Waals surface area contributed by atoms with Crippen molar-refractivity contribution in [1.29, 1.82) is 5.26 Å². The third-order valence-electron chi connectivity index (χ3n) is 6.52. The van der Waals surface area contributed by atoms with Gasteiger partial charge in [-0.05, 0) is 41.8 Å². The molecule has 5 rings (SSSR count). The van der Waals surface area contributed by atoms with E-state index in [1.807, 2.05) is 12.1 Å². The molecule has 9 nitrogen and oxygen atoms in total. The Morgan fingerprint density at radius 1 is 1.15 bits per heavy atom. The molecular formula is C25H26N4O5. The van der Waals surface area contributed by atoms with Crippen LogP contribution in [0.3, 0.4) is 0 Å². The second-order valence-corrected chi connectivity index (χ2v) is 9.02. The number of anilines is 1. The molecule has 3 aliphatic rings. The maximum atomic E-state index is 12.6. The van der Waals surface area contributed by atoms with E-state index in [9.17, 15) is 20.0 Å². The van der Waals surface area contributed by atoms with Crippen LogP contribution in [0.15, 0.2) is 36.5 Å². The monoisotopic (exact) mass is 462 g/mol. The highest BCUT2D eigenvalue weighted by atomic mass is 16.5. The standard InChI is InChI=1S/C25H26N4O5/c26-12-17-9-15(1-2-22(17)34-19-4-7-33-8-5-19)16-3-6-27-23(10-16)28-24(31)20-11-21(20)25(32)29-13-18(30)14-29/h1-3,6,9-10,18-21,30H,4-5,7-8,11,13-14H2,(H,27,28,31)/t20-,21-/m1/s1. The number of hydrogen-bond acceptors (Lipinski definition) is 7. The summed E-state index contributed by atoms with van der Waals surface area (Å²) in [5, 5.41) is 21.8. The fraction of sp³-hybridized carbons (Fsp3) is 0.440. The molecule has 9 heteroatoms. The molecule has 0 bridgehead atoms. The zero-order chi connectivity index (χ0) is 23.7. The molecule has 0 spiro atoms. The fourth-order valence-electron chi connectivity index (χ4n) is 4.40. The van der Waals surface area contributed by atoms with Crippen molar-refractivity contribution in [2.45, 2.75) is 31.5 Å². The Balaban J connectivity index is 1.23. The summed E-state index contributed by atoms with van der Waals surface area (Å²) in [6, 6.07) is 11.2. The molecule has 1 saturated carbocycles. The number of aliphatic hydroxyl groups is 1. The number of nitriles is 1. The van der Waals surface area contributed by atoms with Gasteiger partial charge in [0.15, 0.2) is 0 Å². The zero-order valence-corrected chi connectivity index (χ0v) is 18.6. The van der Waals surface area contributed by atoms with Gasteiger partial charge in [-0.25, -0.2) is 4.98 Å². The molecule has 2 saturated heterocycles. The second-order valence-electron chi connectivity index (χ2n) is 9.02. The third-order valence-corrected chi connectivity index (χ3v) is 6.52. The molecule has 0 radical (unpaired) electrons. The van der Waals surface area contributed by atoms with E-state index in [-0.39, 0.29) is 29.8 Å². The van der Waals surface area contributed by atoms with Crippen LogP contribution in [-0.2, 0) is 14.3 Å². The number of ether oxygens (including phenoxy) is 2. The lowest BCUT2D eigenvalue weighted by molar-refractivity contribution is -0.143. The van der Waals surface area contributed by atoms with Crippen molar-refractivity contribution in [2.24, 2.45) is 11.8 Å². The molecule has 2 amide bonds. The van der Waals surface area contributed by atoms with Gasteiger partial charge >= 0.3 is 0 Å². The molecule has 3 heterocycles. The number of nitrogens with zero attached hydrogens (tertiary/aromatic N) is 3. The van der Waals surface area contributed by atoms with Crippen LogP contribution in [0.4, 0.5) is 5.82 Å². The van der Waals surface area contributed by atoms with E-state index in [1.165, 1.54) is 0 Å². The lowest BCUT2D eigenvalue weighted by Crippen LogP contribution is -2.54. The Bertz CT molecular complexity index is 1130. The van der Waals surface area contributed by atoms with E-state index in [0.717, 1.165) is 24.0 Å². The number of pyridine rings is 1. The number of amides is 2. The molecule has 1 aromatic carbocycles. The number of nitrogens with one attached hydrogen (secondary N) is 1. The minimum absolute atomic E-state index is 0.0405. The molecule has 1 aliphatic carbocycles. The van der Waals surface area contributed by atoms with E-state index in [4.69, 9.17) is 9.47 Å². The molecule has 34 heavy (non-hydrogen) atoms. The van der Waals surface area contributed by atoms with Crippen molar-refractivity contribution in [2.75, 3.05) is 31.6 Å². The van der Waals surface area contributed by atoms with Gasteiger partial charge in [-0.1, -0.05) is 6.07 Å². The minimum atomic E-state index is -0.453. The van der Waals surface area contributed by atoms with Crippen LogP contribution in [0, 0.1) is 23.2 Å². The van der Waals surface area contributed by atoms with Gasteiger partial charge in [-0.2, -0.15) is 5.26 Å². The highest BCUT2D eigenvalue weighted by Crippen LogP contribution is 2.41. The van der Waals surface area contributed by atoms with Gasteiger partial charge in [-0.3, -0.25) is 9.59 Å². The van der Waals surface area contributed by atoms with Gasteiger partial charge in [0, 0.05) is 32.1 Å². The second kappa shape index (κ2) is 9.41. The van der Waals surface area contributed by atoms with Crippen molar-refractivity contribution in [1.82, 2.24) is 9.88 Å². The van der Waals surface area contributed by atoms with Gasteiger partial charge in [-0.15, -0.1) is 0 Å². The van der Waals surface area contributed by atoms with Crippen LogP contribution >= 0.6 is 0 Å². The number of carbonyl (C=O) groups excluding carboxylic acids is 2. The Morgan fingerprint density at radius 3 is 2.65 bits per heavy atom. The van der Waals surface area contributed by atoms with Crippen molar-refractivity contribution < 1.29 is 24.2 Å². The van der Waals surface area contributed by atoms with Gasteiger partial charge in [0.1, 0.15) is 23.7 Å². The predicted molar refractivity (Wildman–Crippen MR) is 122 cm³/mol. The number of likely N-dealkylation sites (tertiary alicyclic amines) is 1. The maximum Gasteiger partial charge on any atom is 0.229 e. The molecule has 2 aromatic rings. The molecule has 2 N–H and O–H groups in total. The first-order chi connectivity index (χ1) is 16.5. The Labute approximate surface area is 197 Å². The summed E-state index contributed by atoms with van der Waals surface area (Å²) in [6.07, 6.45) is 3.29. The highest BCUT2D eigenvalue weighted by molar-refractivity contribution is 5.99.